The minimum absolute atomic E-state index is 0.0440. The number of fused-ring (bicyclic) bond motifs is 2. The largest absolute Gasteiger partial charge is 0.348 e. The van der Waals surface area contributed by atoms with Crippen molar-refractivity contribution >= 4 is 17.7 Å². The van der Waals surface area contributed by atoms with Crippen molar-refractivity contribution in [3.05, 3.63) is 17.7 Å². The summed E-state index contributed by atoms with van der Waals surface area (Å²) in [5, 5.41) is 0. The van der Waals surface area contributed by atoms with Crippen LogP contribution in [0.5, 0.6) is 0 Å². The van der Waals surface area contributed by atoms with E-state index in [1.165, 1.54) is 0 Å². The fourth-order valence-corrected chi connectivity index (χ4v) is 5.57. The van der Waals surface area contributed by atoms with Crippen LogP contribution in [-0.2, 0) is 26.3 Å². The third kappa shape index (κ3) is 2.87. The number of rotatable bonds is 2. The zero-order valence-electron chi connectivity index (χ0n) is 17.0. The van der Waals surface area contributed by atoms with E-state index in [1.807, 2.05) is 4.90 Å². The molecule has 1 atom stereocenters. The number of aromatic amines is 1. The number of amides is 3. The molecular weight excluding hydrogens is 370 g/mol. The molecule has 5 rings (SSSR count). The Morgan fingerprint density at radius 2 is 1.90 bits per heavy atom. The zero-order chi connectivity index (χ0) is 20.2. The first-order valence-corrected chi connectivity index (χ1v) is 10.9. The number of carbonyl (C=O) groups is 3. The van der Waals surface area contributed by atoms with Crippen LogP contribution in [0.4, 0.5) is 0 Å². The minimum Gasteiger partial charge on any atom is -0.348 e. The minimum atomic E-state index is -0.403. The molecule has 0 aromatic carbocycles. The lowest BCUT2D eigenvalue weighted by molar-refractivity contribution is -0.151. The highest BCUT2D eigenvalue weighted by Crippen LogP contribution is 2.44. The number of imidazole rings is 1. The number of nitrogens with one attached hydrogen (secondary N) is 1. The molecule has 1 saturated carbocycles. The second-order valence-electron chi connectivity index (χ2n) is 9.13. The van der Waals surface area contributed by atoms with Crippen molar-refractivity contribution in [2.45, 2.75) is 50.5 Å². The molecule has 0 unspecified atom stereocenters. The van der Waals surface area contributed by atoms with Gasteiger partial charge in [0.05, 0.1) is 23.5 Å². The van der Waals surface area contributed by atoms with E-state index >= 15 is 0 Å². The number of piperidine rings is 1. The highest BCUT2D eigenvalue weighted by molar-refractivity contribution is 5.89. The maximum Gasteiger partial charge on any atom is 0.227 e. The third-order valence-corrected chi connectivity index (χ3v) is 7.57. The standard InChI is InChI=1S/C21H29N5O3/c1-24-12-15(11-17(24)27)19(28)25-9-6-21(7-10-25)18-16(22-13-23-18)5-8-26(21)20(29)14-3-2-4-14/h13-15H,2-12H2,1H3,(H,22,23)/t15-/m1/s1. The Balaban J connectivity index is 1.36. The molecule has 0 radical (unpaired) electrons. The van der Waals surface area contributed by atoms with Gasteiger partial charge >= 0.3 is 0 Å². The maximum atomic E-state index is 13.2. The summed E-state index contributed by atoms with van der Waals surface area (Å²) in [5.74, 6) is 0.316. The average Bonchev–Trinajstić information content (AvgIpc) is 3.28. The molecule has 4 heterocycles. The van der Waals surface area contributed by atoms with Gasteiger partial charge in [-0.1, -0.05) is 6.42 Å². The van der Waals surface area contributed by atoms with Gasteiger partial charge in [-0.15, -0.1) is 0 Å². The first-order valence-electron chi connectivity index (χ1n) is 10.9. The van der Waals surface area contributed by atoms with Crippen molar-refractivity contribution in [3.63, 3.8) is 0 Å². The molecule has 3 aliphatic heterocycles. The normalized spacial score (nSPS) is 26.6. The molecule has 1 aliphatic carbocycles. The first-order chi connectivity index (χ1) is 14.0. The molecule has 1 aromatic heterocycles. The summed E-state index contributed by atoms with van der Waals surface area (Å²) >= 11 is 0. The van der Waals surface area contributed by atoms with Gasteiger partial charge in [-0.05, 0) is 25.7 Å². The molecular formula is C21H29N5O3. The molecule has 8 heteroatoms. The average molecular weight is 399 g/mol. The lowest BCUT2D eigenvalue weighted by Crippen LogP contribution is -2.60. The lowest BCUT2D eigenvalue weighted by atomic mass is 9.76. The van der Waals surface area contributed by atoms with E-state index in [-0.39, 0.29) is 29.6 Å². The second-order valence-corrected chi connectivity index (χ2v) is 9.13. The van der Waals surface area contributed by atoms with Crippen LogP contribution in [0, 0.1) is 11.8 Å². The first kappa shape index (κ1) is 18.6. The van der Waals surface area contributed by atoms with Crippen molar-refractivity contribution in [2.24, 2.45) is 11.8 Å². The molecule has 1 N–H and O–H groups in total. The summed E-state index contributed by atoms with van der Waals surface area (Å²) in [6.45, 7) is 2.44. The summed E-state index contributed by atoms with van der Waals surface area (Å²) in [4.78, 5) is 51.6. The van der Waals surface area contributed by atoms with E-state index in [4.69, 9.17) is 0 Å². The third-order valence-electron chi connectivity index (χ3n) is 7.57. The predicted molar refractivity (Wildman–Crippen MR) is 105 cm³/mol. The molecule has 1 spiro atoms. The van der Waals surface area contributed by atoms with Gasteiger partial charge in [0.1, 0.15) is 0 Å². The molecule has 3 amide bonds. The number of hydrogen-bond donors (Lipinski definition) is 1. The summed E-state index contributed by atoms with van der Waals surface area (Å²) in [5.41, 5.74) is 1.73. The van der Waals surface area contributed by atoms with Crippen LogP contribution in [0.2, 0.25) is 0 Å². The number of likely N-dealkylation sites (tertiary alicyclic amines) is 2. The van der Waals surface area contributed by atoms with E-state index in [0.29, 0.717) is 38.9 Å². The van der Waals surface area contributed by atoms with Crippen molar-refractivity contribution < 1.29 is 14.4 Å². The van der Waals surface area contributed by atoms with E-state index in [1.54, 1.807) is 18.3 Å². The van der Waals surface area contributed by atoms with Gasteiger partial charge in [0.2, 0.25) is 17.7 Å². The SMILES string of the molecule is CN1C[C@H](C(=O)N2CCC3(CC2)c2nc[nH]c2CCN3C(=O)C2CCC2)CC1=O. The summed E-state index contributed by atoms with van der Waals surface area (Å²) in [6.07, 6.45) is 7.42. The van der Waals surface area contributed by atoms with E-state index in [9.17, 15) is 14.4 Å². The van der Waals surface area contributed by atoms with E-state index < -0.39 is 5.54 Å². The Hall–Kier alpha value is -2.38. The fourth-order valence-electron chi connectivity index (χ4n) is 5.57. The van der Waals surface area contributed by atoms with Crippen molar-refractivity contribution in [1.29, 1.82) is 0 Å². The zero-order valence-corrected chi connectivity index (χ0v) is 17.0. The van der Waals surface area contributed by atoms with Crippen molar-refractivity contribution in [1.82, 2.24) is 24.7 Å². The summed E-state index contributed by atoms with van der Waals surface area (Å²) in [7, 11) is 1.76. The van der Waals surface area contributed by atoms with E-state index in [0.717, 1.165) is 43.6 Å². The van der Waals surface area contributed by atoms with Gasteiger partial charge in [0, 0.05) is 57.7 Å². The molecule has 29 heavy (non-hydrogen) atoms. The molecule has 156 valence electrons. The van der Waals surface area contributed by atoms with Crippen LogP contribution in [0.1, 0.15) is 49.9 Å². The number of carbonyl (C=O) groups excluding carboxylic acids is 3. The van der Waals surface area contributed by atoms with Gasteiger partial charge in [0.25, 0.3) is 0 Å². The lowest BCUT2D eigenvalue weighted by Gasteiger charge is -2.52. The van der Waals surface area contributed by atoms with Crippen LogP contribution in [0.15, 0.2) is 6.33 Å². The van der Waals surface area contributed by atoms with Crippen molar-refractivity contribution in [3.8, 4) is 0 Å². The number of nitrogens with zero attached hydrogens (tertiary/aromatic N) is 4. The fraction of sp³-hybridized carbons (Fsp3) is 0.714. The number of H-pyrrole nitrogens is 1. The molecule has 2 saturated heterocycles. The molecule has 4 aliphatic rings. The van der Waals surface area contributed by atoms with Gasteiger partial charge in [-0.2, -0.15) is 0 Å². The monoisotopic (exact) mass is 399 g/mol. The quantitative estimate of drug-likeness (QED) is 0.800. The van der Waals surface area contributed by atoms with Crippen LogP contribution in [0.25, 0.3) is 0 Å². The van der Waals surface area contributed by atoms with Crippen LogP contribution in [-0.4, -0.2) is 75.6 Å². The predicted octanol–water partition coefficient (Wildman–Crippen LogP) is 0.891. The second kappa shape index (κ2) is 6.85. The Bertz CT molecular complexity index is 837. The number of hydrogen-bond acceptors (Lipinski definition) is 4. The Labute approximate surface area is 170 Å². The van der Waals surface area contributed by atoms with Gasteiger partial charge in [-0.25, -0.2) is 4.98 Å². The smallest absolute Gasteiger partial charge is 0.227 e. The Kier molecular flexibility index (Phi) is 4.40. The van der Waals surface area contributed by atoms with E-state index in [2.05, 4.69) is 14.9 Å². The number of aromatic nitrogens is 2. The molecule has 3 fully saturated rings. The maximum absolute atomic E-state index is 13.2. The van der Waals surface area contributed by atoms with Gasteiger partial charge in [-0.3, -0.25) is 14.4 Å². The van der Waals surface area contributed by atoms with Gasteiger partial charge in [0.15, 0.2) is 0 Å². The van der Waals surface area contributed by atoms with Gasteiger partial charge < -0.3 is 19.7 Å². The Morgan fingerprint density at radius 3 is 2.52 bits per heavy atom. The van der Waals surface area contributed by atoms with Crippen LogP contribution in [0.3, 0.4) is 0 Å². The topological polar surface area (TPSA) is 89.6 Å². The summed E-state index contributed by atoms with van der Waals surface area (Å²) < 4.78 is 0. The van der Waals surface area contributed by atoms with Crippen LogP contribution < -0.4 is 0 Å². The van der Waals surface area contributed by atoms with Crippen molar-refractivity contribution in [2.75, 3.05) is 33.2 Å². The Morgan fingerprint density at radius 1 is 1.14 bits per heavy atom. The summed E-state index contributed by atoms with van der Waals surface area (Å²) in [6, 6.07) is 0. The molecule has 0 bridgehead atoms. The highest BCUT2D eigenvalue weighted by atomic mass is 16.2. The highest BCUT2D eigenvalue weighted by Gasteiger charge is 2.51. The molecule has 8 nitrogen and oxygen atoms in total. The molecule has 1 aromatic rings. The van der Waals surface area contributed by atoms with Crippen LogP contribution >= 0.6 is 0 Å².